The summed E-state index contributed by atoms with van der Waals surface area (Å²) in [5.41, 5.74) is 3.01. The second-order valence-corrected chi connectivity index (χ2v) is 12.3. The Labute approximate surface area is 233 Å². The van der Waals surface area contributed by atoms with Crippen molar-refractivity contribution in [1.82, 2.24) is 13.8 Å². The highest BCUT2D eigenvalue weighted by molar-refractivity contribution is 7.89. The zero-order chi connectivity index (χ0) is 28.1. The Hall–Kier alpha value is -2.26. The third-order valence-electron chi connectivity index (χ3n) is 6.46. The first-order chi connectivity index (χ1) is 18.3. The van der Waals surface area contributed by atoms with Gasteiger partial charge in [0.15, 0.2) is 0 Å². The van der Waals surface area contributed by atoms with Crippen molar-refractivity contribution < 1.29 is 8.42 Å². The van der Waals surface area contributed by atoms with Gasteiger partial charge in [-0.1, -0.05) is 62.5 Å². The minimum absolute atomic E-state index is 0.106. The first-order valence-electron chi connectivity index (χ1n) is 13.8. The summed E-state index contributed by atoms with van der Waals surface area (Å²) in [5.74, 6) is 0. The molecule has 0 unspecified atom stereocenters. The van der Waals surface area contributed by atoms with Gasteiger partial charge >= 0.3 is 4.87 Å². The molecule has 3 aromatic rings. The van der Waals surface area contributed by atoms with Crippen molar-refractivity contribution in [1.29, 1.82) is 0 Å². The number of rotatable bonds is 14. The number of thiazole rings is 1. The first kappa shape index (κ1) is 32.0. The van der Waals surface area contributed by atoms with Crippen LogP contribution in [0.25, 0.3) is 16.3 Å². The fourth-order valence-corrected chi connectivity index (χ4v) is 6.69. The van der Waals surface area contributed by atoms with Gasteiger partial charge < -0.3 is 4.90 Å². The monoisotopic (exact) mass is 559 g/mol. The summed E-state index contributed by atoms with van der Waals surface area (Å²) in [6.07, 6.45) is 7.66. The van der Waals surface area contributed by atoms with E-state index in [1.807, 2.05) is 74.7 Å². The molecule has 0 N–H and O–H groups in total. The summed E-state index contributed by atoms with van der Waals surface area (Å²) in [4.78, 5) is 15.3. The lowest BCUT2D eigenvalue weighted by molar-refractivity contribution is 0.258. The summed E-state index contributed by atoms with van der Waals surface area (Å²) in [6, 6.07) is 13.3. The van der Waals surface area contributed by atoms with Crippen LogP contribution < -0.4 is 4.87 Å². The number of fused-ring (bicyclic) bond motifs is 1. The molecule has 2 aromatic carbocycles. The SMILES string of the molecule is C/C=C\c1ccc(S(=O)(=O)N(C)CCCCN(CCC)CCCn2c(=O)sc3ccccc32)cc1C.CC. The molecule has 38 heavy (non-hydrogen) atoms. The molecule has 0 amide bonds. The lowest BCUT2D eigenvalue weighted by Gasteiger charge is -2.23. The number of hydrogen-bond donors (Lipinski definition) is 0. The molecule has 0 fully saturated rings. The summed E-state index contributed by atoms with van der Waals surface area (Å²) in [6.45, 7) is 14.1. The largest absolute Gasteiger partial charge is 0.308 e. The minimum atomic E-state index is -3.50. The molecule has 0 saturated heterocycles. The lowest BCUT2D eigenvalue weighted by Crippen LogP contribution is -2.30. The summed E-state index contributed by atoms with van der Waals surface area (Å²) >= 11 is 1.31. The zero-order valence-corrected chi connectivity index (χ0v) is 25.6. The number of hydrogen-bond acceptors (Lipinski definition) is 5. The van der Waals surface area contributed by atoms with E-state index in [9.17, 15) is 13.2 Å². The maximum atomic E-state index is 13.0. The quantitative estimate of drug-likeness (QED) is 0.208. The van der Waals surface area contributed by atoms with Gasteiger partial charge in [0, 0.05) is 20.1 Å². The van der Waals surface area contributed by atoms with Crippen LogP contribution in [0.3, 0.4) is 0 Å². The molecule has 1 heterocycles. The smallest absolute Gasteiger partial charge is 0.303 e. The molecule has 0 aliphatic carbocycles. The fraction of sp³-hybridized carbons (Fsp3) is 0.500. The summed E-state index contributed by atoms with van der Waals surface area (Å²) in [7, 11) is -1.84. The van der Waals surface area contributed by atoms with Gasteiger partial charge in [0.2, 0.25) is 10.0 Å². The lowest BCUT2D eigenvalue weighted by atomic mass is 10.1. The maximum Gasteiger partial charge on any atom is 0.308 e. The Morgan fingerprint density at radius 2 is 1.66 bits per heavy atom. The van der Waals surface area contributed by atoms with Crippen LogP contribution in [-0.4, -0.2) is 55.4 Å². The average Bonchev–Trinajstić information content (AvgIpc) is 3.23. The maximum absolute atomic E-state index is 13.0. The van der Waals surface area contributed by atoms with Crippen molar-refractivity contribution in [2.45, 2.75) is 71.7 Å². The van der Waals surface area contributed by atoms with E-state index in [0.29, 0.717) is 11.4 Å². The molecule has 0 radical (unpaired) electrons. The summed E-state index contributed by atoms with van der Waals surface area (Å²) < 4.78 is 30.4. The van der Waals surface area contributed by atoms with Crippen LogP contribution in [-0.2, 0) is 16.6 Å². The fourth-order valence-electron chi connectivity index (χ4n) is 4.47. The predicted octanol–water partition coefficient (Wildman–Crippen LogP) is 6.63. The van der Waals surface area contributed by atoms with Gasteiger partial charge in [0.25, 0.3) is 0 Å². The Morgan fingerprint density at radius 3 is 2.34 bits per heavy atom. The Balaban J connectivity index is 0.00000247. The highest BCUT2D eigenvalue weighted by atomic mass is 32.2. The molecular formula is C30H45N3O3S2. The van der Waals surface area contributed by atoms with E-state index in [4.69, 9.17) is 0 Å². The highest BCUT2D eigenvalue weighted by Gasteiger charge is 2.21. The topological polar surface area (TPSA) is 62.6 Å². The highest BCUT2D eigenvalue weighted by Crippen LogP contribution is 2.20. The van der Waals surface area contributed by atoms with Crippen LogP contribution in [0, 0.1) is 6.92 Å². The van der Waals surface area contributed by atoms with E-state index in [-0.39, 0.29) is 4.87 Å². The van der Waals surface area contributed by atoms with Gasteiger partial charge in [-0.3, -0.25) is 9.36 Å². The predicted molar refractivity (Wildman–Crippen MR) is 164 cm³/mol. The van der Waals surface area contributed by atoms with Crippen LogP contribution in [0.4, 0.5) is 0 Å². The number of aromatic nitrogens is 1. The van der Waals surface area contributed by atoms with E-state index in [1.54, 1.807) is 19.2 Å². The van der Waals surface area contributed by atoms with E-state index in [2.05, 4.69) is 11.8 Å². The van der Waals surface area contributed by atoms with Crippen LogP contribution in [0.1, 0.15) is 64.5 Å². The van der Waals surface area contributed by atoms with Crippen molar-refractivity contribution in [3.05, 3.63) is 69.3 Å². The molecular weight excluding hydrogens is 514 g/mol. The van der Waals surface area contributed by atoms with Crippen molar-refractivity contribution in [2.24, 2.45) is 0 Å². The molecule has 8 heteroatoms. The van der Waals surface area contributed by atoms with Gasteiger partial charge in [-0.25, -0.2) is 12.7 Å². The Kier molecular flexibility index (Phi) is 13.4. The van der Waals surface area contributed by atoms with Gasteiger partial charge in [-0.15, -0.1) is 0 Å². The zero-order valence-electron chi connectivity index (χ0n) is 23.9. The van der Waals surface area contributed by atoms with Gasteiger partial charge in [0.05, 0.1) is 15.1 Å². The average molecular weight is 560 g/mol. The Morgan fingerprint density at radius 1 is 0.974 bits per heavy atom. The molecule has 0 bridgehead atoms. The van der Waals surface area contributed by atoms with Gasteiger partial charge in [-0.2, -0.15) is 0 Å². The number of benzene rings is 2. The van der Waals surface area contributed by atoms with E-state index in [1.165, 1.54) is 15.6 Å². The van der Waals surface area contributed by atoms with Crippen LogP contribution in [0.2, 0.25) is 0 Å². The molecule has 3 rings (SSSR count). The molecule has 210 valence electrons. The number of allylic oxidation sites excluding steroid dienone is 1. The number of aryl methyl sites for hydroxylation is 2. The summed E-state index contributed by atoms with van der Waals surface area (Å²) in [5, 5.41) is 0. The molecule has 0 saturated carbocycles. The third-order valence-corrected chi connectivity index (χ3v) is 9.28. The molecule has 6 nitrogen and oxygen atoms in total. The van der Waals surface area contributed by atoms with Crippen LogP contribution in [0.5, 0.6) is 0 Å². The van der Waals surface area contributed by atoms with Gasteiger partial charge in [-0.05, 0) is 94.6 Å². The number of nitrogens with zero attached hydrogens (tertiary/aromatic N) is 3. The number of sulfonamides is 1. The molecule has 0 spiro atoms. The Bertz CT molecular complexity index is 1330. The van der Waals surface area contributed by atoms with E-state index >= 15 is 0 Å². The van der Waals surface area contributed by atoms with Crippen LogP contribution in [0.15, 0.2) is 58.2 Å². The molecule has 0 aliphatic heterocycles. The minimum Gasteiger partial charge on any atom is -0.303 e. The molecule has 0 atom stereocenters. The molecule has 1 aromatic heterocycles. The number of para-hydroxylation sites is 1. The van der Waals surface area contributed by atoms with Crippen molar-refractivity contribution in [3.63, 3.8) is 0 Å². The number of unbranched alkanes of at least 4 members (excludes halogenated alkanes) is 1. The third kappa shape index (κ3) is 8.63. The first-order valence-corrected chi connectivity index (χ1v) is 16.0. The van der Waals surface area contributed by atoms with Gasteiger partial charge in [0.1, 0.15) is 0 Å². The van der Waals surface area contributed by atoms with Crippen LogP contribution >= 0.6 is 11.3 Å². The van der Waals surface area contributed by atoms with Crippen molar-refractivity contribution >= 4 is 37.7 Å². The van der Waals surface area contributed by atoms with Crippen molar-refractivity contribution in [3.8, 4) is 0 Å². The molecule has 0 aliphatic rings. The van der Waals surface area contributed by atoms with Crippen molar-refractivity contribution in [2.75, 3.05) is 33.2 Å². The standard InChI is InChI=1S/C28H39N3O3S2.C2H6/c1-5-12-24-15-16-25(22-23(24)3)36(33,34)29(4)18-9-10-19-30(17-6-2)20-11-21-31-26-13-7-8-14-27(26)35-28(31)32;1-2/h5,7-8,12-16,22H,6,9-11,17-21H2,1-4H3;1-2H3/b12-5-;. The van der Waals surface area contributed by atoms with E-state index < -0.39 is 10.0 Å². The normalized spacial score (nSPS) is 12.0. The second-order valence-electron chi connectivity index (χ2n) is 9.23. The second kappa shape index (κ2) is 16.0. The van der Waals surface area contributed by atoms with E-state index in [0.717, 1.165) is 73.2 Å².